The van der Waals surface area contributed by atoms with E-state index in [9.17, 15) is 4.79 Å². The van der Waals surface area contributed by atoms with Gasteiger partial charge in [0, 0.05) is 32.0 Å². The smallest absolute Gasteiger partial charge is 0.272 e. The van der Waals surface area contributed by atoms with Crippen molar-refractivity contribution in [2.45, 2.75) is 25.8 Å². The molecule has 1 aliphatic heterocycles. The van der Waals surface area contributed by atoms with Gasteiger partial charge in [0.15, 0.2) is 0 Å². The van der Waals surface area contributed by atoms with E-state index < -0.39 is 0 Å². The molecule has 2 aromatic heterocycles. The van der Waals surface area contributed by atoms with Crippen LogP contribution in [0.2, 0.25) is 0 Å². The van der Waals surface area contributed by atoms with Crippen LogP contribution in [-0.2, 0) is 13.6 Å². The van der Waals surface area contributed by atoms with E-state index in [0.717, 1.165) is 38.2 Å². The topological polar surface area (TPSA) is 50.2 Å². The van der Waals surface area contributed by atoms with Crippen LogP contribution in [0.3, 0.4) is 0 Å². The fraction of sp³-hybridized carbons (Fsp3) is 0.412. The van der Waals surface area contributed by atoms with E-state index >= 15 is 0 Å². The molecule has 0 aliphatic carbocycles. The lowest BCUT2D eigenvalue weighted by Gasteiger charge is -2.26. The Morgan fingerprint density at radius 1 is 1.23 bits per heavy atom. The molecule has 0 radical (unpaired) electrons. The van der Waals surface area contributed by atoms with Crippen molar-refractivity contribution in [1.82, 2.24) is 14.5 Å². The van der Waals surface area contributed by atoms with E-state index in [1.54, 1.807) is 6.20 Å². The number of rotatable bonds is 4. The van der Waals surface area contributed by atoms with Crippen molar-refractivity contribution in [3.8, 4) is 0 Å². The Balaban J connectivity index is 1.60. The first kappa shape index (κ1) is 14.6. The molecule has 3 rings (SSSR count). The van der Waals surface area contributed by atoms with Gasteiger partial charge in [-0.1, -0.05) is 0 Å². The molecular weight excluding hydrogens is 276 g/mol. The molecule has 5 heteroatoms. The van der Waals surface area contributed by atoms with Crippen LogP contribution >= 0.6 is 0 Å². The Kier molecular flexibility index (Phi) is 4.42. The number of likely N-dealkylation sites (tertiary alicyclic amines) is 1. The van der Waals surface area contributed by atoms with E-state index in [1.165, 1.54) is 12.1 Å². The Labute approximate surface area is 131 Å². The van der Waals surface area contributed by atoms with Gasteiger partial charge >= 0.3 is 0 Å². The first-order valence-electron chi connectivity index (χ1n) is 7.83. The molecule has 0 bridgehead atoms. The second kappa shape index (κ2) is 6.64. The van der Waals surface area contributed by atoms with Crippen LogP contribution in [0.25, 0.3) is 0 Å². The van der Waals surface area contributed by atoms with Gasteiger partial charge in [-0.25, -0.2) is 4.98 Å². The second-order valence-electron chi connectivity index (χ2n) is 5.75. The number of anilines is 1. The van der Waals surface area contributed by atoms with Crippen molar-refractivity contribution < 1.29 is 4.79 Å². The number of nitrogens with one attached hydrogen (secondary N) is 1. The first-order valence-corrected chi connectivity index (χ1v) is 7.83. The highest BCUT2D eigenvalue weighted by atomic mass is 16.2. The van der Waals surface area contributed by atoms with Crippen LogP contribution in [0.1, 0.15) is 35.4 Å². The monoisotopic (exact) mass is 298 g/mol. The SMILES string of the molecule is Cn1cccc1CNc1ccc(C(=O)N2CCCCC2)nc1. The Morgan fingerprint density at radius 2 is 2.05 bits per heavy atom. The molecule has 1 amide bonds. The number of aryl methyl sites for hydroxylation is 1. The summed E-state index contributed by atoms with van der Waals surface area (Å²) >= 11 is 0. The number of hydrogen-bond donors (Lipinski definition) is 1. The van der Waals surface area contributed by atoms with Gasteiger partial charge in [-0.3, -0.25) is 4.79 Å². The standard InChI is InChI=1S/C17H22N4O/c1-20-9-5-6-15(20)13-18-14-7-8-16(19-12-14)17(22)21-10-3-2-4-11-21/h5-9,12,18H,2-4,10-11,13H2,1H3. The quantitative estimate of drug-likeness (QED) is 0.944. The Morgan fingerprint density at radius 3 is 2.68 bits per heavy atom. The summed E-state index contributed by atoms with van der Waals surface area (Å²) in [7, 11) is 2.02. The number of pyridine rings is 1. The third kappa shape index (κ3) is 3.30. The molecule has 116 valence electrons. The molecule has 0 aromatic carbocycles. The predicted octanol–water partition coefficient (Wildman–Crippen LogP) is 2.66. The van der Waals surface area contributed by atoms with E-state index in [-0.39, 0.29) is 5.91 Å². The zero-order valence-electron chi connectivity index (χ0n) is 13.0. The molecule has 1 N–H and O–H groups in total. The summed E-state index contributed by atoms with van der Waals surface area (Å²) in [4.78, 5) is 18.6. The molecule has 5 nitrogen and oxygen atoms in total. The van der Waals surface area contributed by atoms with Crippen molar-refractivity contribution in [2.24, 2.45) is 7.05 Å². The summed E-state index contributed by atoms with van der Waals surface area (Å²) < 4.78 is 2.08. The summed E-state index contributed by atoms with van der Waals surface area (Å²) in [5.41, 5.74) is 2.66. The Hall–Kier alpha value is -2.30. The highest BCUT2D eigenvalue weighted by Crippen LogP contribution is 2.14. The number of piperidine rings is 1. The number of amides is 1. The normalized spacial score (nSPS) is 14.9. The van der Waals surface area contributed by atoms with Crippen LogP contribution in [0.15, 0.2) is 36.7 Å². The number of carbonyl (C=O) groups excluding carboxylic acids is 1. The molecule has 2 aromatic rings. The van der Waals surface area contributed by atoms with E-state index in [1.807, 2.05) is 36.3 Å². The lowest BCUT2D eigenvalue weighted by atomic mass is 10.1. The van der Waals surface area contributed by atoms with Crippen LogP contribution in [0.4, 0.5) is 5.69 Å². The minimum absolute atomic E-state index is 0.0497. The van der Waals surface area contributed by atoms with E-state index in [0.29, 0.717) is 5.69 Å². The highest BCUT2D eigenvalue weighted by Gasteiger charge is 2.18. The molecule has 0 atom stereocenters. The van der Waals surface area contributed by atoms with Crippen LogP contribution in [-0.4, -0.2) is 33.4 Å². The lowest BCUT2D eigenvalue weighted by Crippen LogP contribution is -2.36. The van der Waals surface area contributed by atoms with Crippen LogP contribution < -0.4 is 5.32 Å². The lowest BCUT2D eigenvalue weighted by molar-refractivity contribution is 0.0718. The van der Waals surface area contributed by atoms with E-state index in [2.05, 4.69) is 20.9 Å². The second-order valence-corrected chi connectivity index (χ2v) is 5.75. The fourth-order valence-corrected chi connectivity index (χ4v) is 2.76. The molecular formula is C17H22N4O. The van der Waals surface area contributed by atoms with Gasteiger partial charge < -0.3 is 14.8 Å². The predicted molar refractivity (Wildman–Crippen MR) is 86.7 cm³/mol. The van der Waals surface area contributed by atoms with Crippen molar-refractivity contribution in [2.75, 3.05) is 18.4 Å². The van der Waals surface area contributed by atoms with E-state index in [4.69, 9.17) is 0 Å². The number of nitrogens with zero attached hydrogens (tertiary/aromatic N) is 3. The van der Waals surface area contributed by atoms with Gasteiger partial charge in [-0.05, 0) is 43.5 Å². The summed E-state index contributed by atoms with van der Waals surface area (Å²) in [6.45, 7) is 2.45. The average Bonchev–Trinajstić information content (AvgIpc) is 2.99. The maximum absolute atomic E-state index is 12.3. The van der Waals surface area contributed by atoms with Crippen molar-refractivity contribution >= 4 is 11.6 Å². The molecule has 1 fully saturated rings. The molecule has 22 heavy (non-hydrogen) atoms. The molecule has 1 saturated heterocycles. The van der Waals surface area contributed by atoms with Gasteiger partial charge in [0.25, 0.3) is 5.91 Å². The van der Waals surface area contributed by atoms with Crippen molar-refractivity contribution in [3.63, 3.8) is 0 Å². The maximum Gasteiger partial charge on any atom is 0.272 e. The maximum atomic E-state index is 12.3. The van der Waals surface area contributed by atoms with Gasteiger partial charge in [0.2, 0.25) is 0 Å². The van der Waals surface area contributed by atoms with Gasteiger partial charge in [-0.15, -0.1) is 0 Å². The summed E-state index contributed by atoms with van der Waals surface area (Å²) in [5.74, 6) is 0.0497. The summed E-state index contributed by atoms with van der Waals surface area (Å²) in [6, 6.07) is 7.84. The molecule has 3 heterocycles. The van der Waals surface area contributed by atoms with Gasteiger partial charge in [0.1, 0.15) is 5.69 Å². The largest absolute Gasteiger partial charge is 0.378 e. The molecule has 0 unspecified atom stereocenters. The highest BCUT2D eigenvalue weighted by molar-refractivity contribution is 5.92. The molecule has 1 aliphatic rings. The molecule has 0 saturated carbocycles. The minimum atomic E-state index is 0.0497. The molecule has 0 spiro atoms. The minimum Gasteiger partial charge on any atom is -0.378 e. The van der Waals surface area contributed by atoms with Gasteiger partial charge in [0.05, 0.1) is 18.4 Å². The van der Waals surface area contributed by atoms with Gasteiger partial charge in [-0.2, -0.15) is 0 Å². The first-order chi connectivity index (χ1) is 10.7. The Bertz CT molecular complexity index is 626. The fourth-order valence-electron chi connectivity index (χ4n) is 2.76. The zero-order chi connectivity index (χ0) is 15.4. The summed E-state index contributed by atoms with van der Waals surface area (Å²) in [6.07, 6.45) is 7.18. The third-order valence-electron chi connectivity index (χ3n) is 4.15. The van der Waals surface area contributed by atoms with Crippen LogP contribution in [0, 0.1) is 0 Å². The number of hydrogen-bond acceptors (Lipinski definition) is 3. The number of aromatic nitrogens is 2. The summed E-state index contributed by atoms with van der Waals surface area (Å²) in [5, 5.41) is 3.33. The van der Waals surface area contributed by atoms with Crippen LogP contribution in [0.5, 0.6) is 0 Å². The number of carbonyl (C=O) groups is 1. The average molecular weight is 298 g/mol. The zero-order valence-corrected chi connectivity index (χ0v) is 13.0. The third-order valence-corrected chi connectivity index (χ3v) is 4.15. The van der Waals surface area contributed by atoms with Crippen molar-refractivity contribution in [1.29, 1.82) is 0 Å². The van der Waals surface area contributed by atoms with Crippen molar-refractivity contribution in [3.05, 3.63) is 48.0 Å².